The van der Waals surface area contributed by atoms with Gasteiger partial charge in [0.2, 0.25) is 5.76 Å². The van der Waals surface area contributed by atoms with Gasteiger partial charge in [0.1, 0.15) is 0 Å². The van der Waals surface area contributed by atoms with Crippen LogP contribution in [0.2, 0.25) is 0 Å². The molecule has 8 nitrogen and oxygen atoms in total. The Morgan fingerprint density at radius 2 is 2.00 bits per heavy atom. The fourth-order valence-electron chi connectivity index (χ4n) is 3.62. The topological polar surface area (TPSA) is 107 Å². The van der Waals surface area contributed by atoms with Gasteiger partial charge >= 0.3 is 5.97 Å². The Labute approximate surface area is 146 Å². The summed E-state index contributed by atoms with van der Waals surface area (Å²) in [6.07, 6.45) is 4.20. The lowest BCUT2D eigenvalue weighted by Gasteiger charge is -2.33. The third-order valence-corrected chi connectivity index (χ3v) is 6.51. The van der Waals surface area contributed by atoms with E-state index in [0.717, 1.165) is 25.7 Å². The maximum atomic E-state index is 12.7. The lowest BCUT2D eigenvalue weighted by atomic mass is 10.1. The van der Waals surface area contributed by atoms with Crippen molar-refractivity contribution >= 4 is 21.7 Å². The highest BCUT2D eigenvalue weighted by atomic mass is 32.2. The molecule has 0 aromatic carbocycles. The van der Waals surface area contributed by atoms with E-state index in [-0.39, 0.29) is 35.3 Å². The quantitative estimate of drug-likeness (QED) is 0.714. The van der Waals surface area contributed by atoms with E-state index in [4.69, 9.17) is 9.26 Å². The van der Waals surface area contributed by atoms with Gasteiger partial charge in [-0.25, -0.2) is 13.2 Å². The van der Waals surface area contributed by atoms with Gasteiger partial charge in [-0.2, -0.15) is 0 Å². The summed E-state index contributed by atoms with van der Waals surface area (Å²) in [4.78, 5) is 26.2. The highest BCUT2D eigenvalue weighted by Crippen LogP contribution is 2.29. The first-order valence-corrected chi connectivity index (χ1v) is 10.3. The van der Waals surface area contributed by atoms with Crippen LogP contribution in [0.3, 0.4) is 0 Å². The average molecular weight is 370 g/mol. The molecule has 25 heavy (non-hydrogen) atoms. The van der Waals surface area contributed by atoms with Crippen molar-refractivity contribution in [2.75, 3.05) is 18.1 Å². The van der Waals surface area contributed by atoms with Crippen molar-refractivity contribution in [2.45, 2.75) is 51.1 Å². The van der Waals surface area contributed by atoms with Crippen LogP contribution in [-0.4, -0.2) is 60.5 Å². The average Bonchev–Trinajstić information content (AvgIpc) is 3.27. The number of esters is 1. The molecule has 0 radical (unpaired) electrons. The second-order valence-electron chi connectivity index (χ2n) is 6.70. The lowest BCUT2D eigenvalue weighted by molar-refractivity contribution is -0.139. The lowest BCUT2D eigenvalue weighted by Crippen LogP contribution is -2.48. The van der Waals surface area contributed by atoms with Crippen LogP contribution >= 0.6 is 0 Å². The van der Waals surface area contributed by atoms with Gasteiger partial charge in [-0.3, -0.25) is 4.79 Å². The smallest absolute Gasteiger partial charge is 0.377 e. The third-order valence-electron chi connectivity index (χ3n) is 4.76. The van der Waals surface area contributed by atoms with E-state index in [1.165, 1.54) is 6.07 Å². The Balaban J connectivity index is 1.65. The largest absolute Gasteiger partial charge is 0.450 e. The minimum Gasteiger partial charge on any atom is -0.450 e. The molecule has 138 valence electrons. The van der Waals surface area contributed by atoms with Crippen molar-refractivity contribution in [1.29, 1.82) is 0 Å². The number of carbonyl (C=O) groups is 2. The van der Waals surface area contributed by atoms with Gasteiger partial charge in [-0.05, 0) is 26.2 Å². The molecule has 0 spiro atoms. The van der Waals surface area contributed by atoms with Gasteiger partial charge in [0.15, 0.2) is 16.4 Å². The van der Waals surface area contributed by atoms with Crippen molar-refractivity contribution in [3.8, 4) is 0 Å². The Kier molecular flexibility index (Phi) is 5.12. The standard InChI is InChI=1S/C16H22N2O6S/c1-11-8-14(24-17-11)16(20)23-9-15(19)18(12-4-2-3-5-12)13-6-7-25(21,22)10-13/h8,12-13H,2-7,9-10H2,1H3/t13-/m0/s1. The molecule has 9 heteroatoms. The normalized spacial score (nSPS) is 22.8. The predicted molar refractivity (Wildman–Crippen MR) is 87.7 cm³/mol. The summed E-state index contributed by atoms with van der Waals surface area (Å²) in [6.45, 7) is 1.25. The molecular formula is C16H22N2O6S. The number of carbonyl (C=O) groups excluding carboxylic acids is 2. The first-order chi connectivity index (χ1) is 11.9. The summed E-state index contributed by atoms with van der Waals surface area (Å²) in [7, 11) is -3.10. The zero-order chi connectivity index (χ0) is 18.0. The molecule has 2 fully saturated rings. The first kappa shape index (κ1) is 17.9. The molecule has 1 amide bonds. The number of aromatic nitrogens is 1. The summed E-state index contributed by atoms with van der Waals surface area (Å²) < 4.78 is 33.4. The molecule has 0 bridgehead atoms. The molecule has 1 aliphatic heterocycles. The summed E-state index contributed by atoms with van der Waals surface area (Å²) in [5, 5.41) is 3.60. The van der Waals surface area contributed by atoms with Gasteiger partial charge in [-0.1, -0.05) is 18.0 Å². The molecule has 0 N–H and O–H groups in total. The Morgan fingerprint density at radius 1 is 1.28 bits per heavy atom. The second kappa shape index (κ2) is 7.15. The van der Waals surface area contributed by atoms with Crippen molar-refractivity contribution in [2.24, 2.45) is 0 Å². The van der Waals surface area contributed by atoms with E-state index in [1.807, 2.05) is 0 Å². The Morgan fingerprint density at radius 3 is 2.56 bits per heavy atom. The van der Waals surface area contributed by atoms with Crippen LogP contribution in [0.5, 0.6) is 0 Å². The molecule has 0 unspecified atom stereocenters. The fraction of sp³-hybridized carbons (Fsp3) is 0.688. The highest BCUT2D eigenvalue weighted by Gasteiger charge is 2.39. The van der Waals surface area contributed by atoms with Crippen LogP contribution in [-0.2, 0) is 19.4 Å². The molecule has 1 atom stereocenters. The van der Waals surface area contributed by atoms with E-state index in [1.54, 1.807) is 11.8 Å². The summed E-state index contributed by atoms with van der Waals surface area (Å²) in [5.41, 5.74) is 0.544. The van der Waals surface area contributed by atoms with Crippen molar-refractivity contribution in [3.63, 3.8) is 0 Å². The van der Waals surface area contributed by atoms with E-state index < -0.39 is 22.4 Å². The number of sulfone groups is 1. The molecular weight excluding hydrogens is 348 g/mol. The zero-order valence-corrected chi connectivity index (χ0v) is 15.0. The van der Waals surface area contributed by atoms with Crippen LogP contribution in [0, 0.1) is 6.92 Å². The van der Waals surface area contributed by atoms with Crippen molar-refractivity contribution in [3.05, 3.63) is 17.5 Å². The number of hydrogen-bond donors (Lipinski definition) is 0. The Hall–Kier alpha value is -1.90. The zero-order valence-electron chi connectivity index (χ0n) is 14.1. The summed E-state index contributed by atoms with van der Waals surface area (Å²) in [5.74, 6) is -1.06. The molecule has 1 aromatic heterocycles. The molecule has 1 saturated carbocycles. The van der Waals surface area contributed by atoms with Crippen molar-refractivity contribution < 1.29 is 27.3 Å². The van der Waals surface area contributed by atoms with Crippen LogP contribution in [0.25, 0.3) is 0 Å². The van der Waals surface area contributed by atoms with Crippen molar-refractivity contribution in [1.82, 2.24) is 10.1 Å². The van der Waals surface area contributed by atoms with Gasteiger partial charge in [-0.15, -0.1) is 0 Å². The SMILES string of the molecule is Cc1cc(C(=O)OCC(=O)N(C2CCCC2)[C@H]2CCS(=O)(=O)C2)on1. The van der Waals surface area contributed by atoms with E-state index in [9.17, 15) is 18.0 Å². The van der Waals surface area contributed by atoms with E-state index in [2.05, 4.69) is 5.16 Å². The van der Waals surface area contributed by atoms with Gasteiger partial charge in [0.05, 0.1) is 17.2 Å². The molecule has 2 aliphatic rings. The van der Waals surface area contributed by atoms with E-state index in [0.29, 0.717) is 12.1 Å². The number of rotatable bonds is 5. The predicted octanol–water partition coefficient (Wildman–Crippen LogP) is 1.10. The minimum absolute atomic E-state index is 0.00944. The minimum atomic E-state index is -3.10. The van der Waals surface area contributed by atoms with Gasteiger partial charge in [0.25, 0.3) is 5.91 Å². The molecule has 1 aromatic rings. The van der Waals surface area contributed by atoms with Gasteiger partial charge in [0, 0.05) is 18.2 Å². The van der Waals surface area contributed by atoms with Crippen LogP contribution in [0.1, 0.15) is 48.4 Å². The monoisotopic (exact) mass is 370 g/mol. The maximum Gasteiger partial charge on any atom is 0.377 e. The maximum absolute atomic E-state index is 12.7. The molecule has 2 heterocycles. The fourth-order valence-corrected chi connectivity index (χ4v) is 5.33. The summed E-state index contributed by atoms with van der Waals surface area (Å²) >= 11 is 0. The van der Waals surface area contributed by atoms with Crippen LogP contribution in [0.4, 0.5) is 0 Å². The number of ether oxygens (including phenoxy) is 1. The highest BCUT2D eigenvalue weighted by molar-refractivity contribution is 7.91. The molecule has 3 rings (SSSR count). The number of aryl methyl sites for hydroxylation is 1. The number of nitrogens with zero attached hydrogens (tertiary/aromatic N) is 2. The van der Waals surface area contributed by atoms with Crippen LogP contribution < -0.4 is 0 Å². The van der Waals surface area contributed by atoms with Gasteiger partial charge < -0.3 is 14.2 Å². The Bertz CT molecular complexity index is 750. The molecule has 1 saturated heterocycles. The second-order valence-corrected chi connectivity index (χ2v) is 8.93. The first-order valence-electron chi connectivity index (χ1n) is 8.48. The number of amides is 1. The molecule has 1 aliphatic carbocycles. The van der Waals surface area contributed by atoms with E-state index >= 15 is 0 Å². The third kappa shape index (κ3) is 4.20. The number of hydrogen-bond acceptors (Lipinski definition) is 7. The van der Waals surface area contributed by atoms with Crippen LogP contribution in [0.15, 0.2) is 10.6 Å². The summed E-state index contributed by atoms with van der Waals surface area (Å²) in [6, 6.07) is 1.13.